The fourth-order valence-electron chi connectivity index (χ4n) is 3.82. The number of aryl methyl sites for hydroxylation is 2. The van der Waals surface area contributed by atoms with Crippen molar-refractivity contribution in [3.8, 4) is 0 Å². The Bertz CT molecular complexity index is 823. The Kier molecular flexibility index (Phi) is 4.97. The first-order valence-electron chi connectivity index (χ1n) is 9.80. The molecule has 0 atom stereocenters. The molecule has 1 aromatic carbocycles. The average Bonchev–Trinajstić information content (AvgIpc) is 3.25. The van der Waals surface area contributed by atoms with E-state index in [1.165, 1.54) is 18.4 Å². The van der Waals surface area contributed by atoms with Gasteiger partial charge in [0, 0.05) is 50.9 Å². The molecule has 0 N–H and O–H groups in total. The van der Waals surface area contributed by atoms with Crippen LogP contribution in [-0.2, 0) is 0 Å². The zero-order valence-electron chi connectivity index (χ0n) is 16.2. The molecule has 0 unspecified atom stereocenters. The molecule has 2 aromatic rings. The molecule has 2 saturated heterocycles. The van der Waals surface area contributed by atoms with Gasteiger partial charge in [-0.05, 0) is 49.9 Å². The van der Waals surface area contributed by atoms with Gasteiger partial charge in [-0.2, -0.15) is 0 Å². The molecule has 0 saturated carbocycles. The molecule has 0 aliphatic carbocycles. The van der Waals surface area contributed by atoms with Crippen molar-refractivity contribution in [2.24, 2.45) is 0 Å². The third-order valence-electron chi connectivity index (χ3n) is 5.71. The number of rotatable bonds is 3. The molecule has 6 nitrogen and oxygen atoms in total. The summed E-state index contributed by atoms with van der Waals surface area (Å²) in [6, 6.07) is 8.05. The predicted octanol–water partition coefficient (Wildman–Crippen LogP) is 2.66. The molecule has 27 heavy (non-hydrogen) atoms. The molecular formula is C21H27N5O. The zero-order chi connectivity index (χ0) is 18.8. The van der Waals surface area contributed by atoms with Crippen LogP contribution in [0, 0.1) is 13.8 Å². The van der Waals surface area contributed by atoms with Crippen molar-refractivity contribution in [3.63, 3.8) is 0 Å². The van der Waals surface area contributed by atoms with Crippen LogP contribution < -0.4 is 9.80 Å². The SMILES string of the molecule is Cc1ccc(C(=O)N2CCN(c3cc(N4CCCC4)ncn3)CC2)cc1C. The van der Waals surface area contributed by atoms with Crippen molar-refractivity contribution in [2.45, 2.75) is 26.7 Å². The molecule has 6 heteroatoms. The topological polar surface area (TPSA) is 52.6 Å². The van der Waals surface area contributed by atoms with Crippen molar-refractivity contribution in [1.82, 2.24) is 14.9 Å². The van der Waals surface area contributed by atoms with Gasteiger partial charge in [-0.3, -0.25) is 4.79 Å². The molecule has 0 bridgehead atoms. The predicted molar refractivity (Wildman–Crippen MR) is 108 cm³/mol. The summed E-state index contributed by atoms with van der Waals surface area (Å²) in [7, 11) is 0. The van der Waals surface area contributed by atoms with Gasteiger partial charge in [-0.25, -0.2) is 9.97 Å². The van der Waals surface area contributed by atoms with Crippen LogP contribution in [0.15, 0.2) is 30.6 Å². The number of hydrogen-bond donors (Lipinski definition) is 0. The zero-order valence-corrected chi connectivity index (χ0v) is 16.2. The average molecular weight is 365 g/mol. The number of nitrogens with zero attached hydrogens (tertiary/aromatic N) is 5. The van der Waals surface area contributed by atoms with Crippen molar-refractivity contribution < 1.29 is 4.79 Å². The summed E-state index contributed by atoms with van der Waals surface area (Å²) in [6.07, 6.45) is 4.13. The Labute approximate surface area is 160 Å². The number of anilines is 2. The van der Waals surface area contributed by atoms with E-state index >= 15 is 0 Å². The minimum absolute atomic E-state index is 0.123. The Morgan fingerprint density at radius 1 is 0.815 bits per heavy atom. The fourth-order valence-corrected chi connectivity index (χ4v) is 3.82. The maximum Gasteiger partial charge on any atom is 0.253 e. The fraction of sp³-hybridized carbons (Fsp3) is 0.476. The number of benzene rings is 1. The molecule has 0 radical (unpaired) electrons. The molecule has 1 amide bonds. The quantitative estimate of drug-likeness (QED) is 0.837. The highest BCUT2D eigenvalue weighted by molar-refractivity contribution is 5.94. The Morgan fingerprint density at radius 2 is 1.44 bits per heavy atom. The molecule has 0 spiro atoms. The minimum atomic E-state index is 0.123. The van der Waals surface area contributed by atoms with Crippen LogP contribution in [-0.4, -0.2) is 60.0 Å². The number of amides is 1. The summed E-state index contributed by atoms with van der Waals surface area (Å²) < 4.78 is 0. The number of hydrogen-bond acceptors (Lipinski definition) is 5. The van der Waals surface area contributed by atoms with E-state index in [2.05, 4.69) is 39.7 Å². The van der Waals surface area contributed by atoms with Gasteiger partial charge in [0.25, 0.3) is 5.91 Å². The van der Waals surface area contributed by atoms with E-state index in [1.807, 2.05) is 23.1 Å². The summed E-state index contributed by atoms with van der Waals surface area (Å²) in [5, 5.41) is 0. The third kappa shape index (κ3) is 3.75. The van der Waals surface area contributed by atoms with Gasteiger partial charge in [0.2, 0.25) is 0 Å². The molecule has 4 rings (SSSR count). The van der Waals surface area contributed by atoms with Gasteiger partial charge in [0.05, 0.1) is 0 Å². The number of carbonyl (C=O) groups excluding carboxylic acids is 1. The molecule has 2 aliphatic rings. The van der Waals surface area contributed by atoms with E-state index in [0.717, 1.165) is 62.0 Å². The number of aromatic nitrogens is 2. The summed E-state index contributed by atoms with van der Waals surface area (Å²) in [5.74, 6) is 2.11. The molecule has 3 heterocycles. The second kappa shape index (κ2) is 7.55. The molecule has 142 valence electrons. The molecule has 2 aliphatic heterocycles. The van der Waals surface area contributed by atoms with Gasteiger partial charge >= 0.3 is 0 Å². The second-order valence-corrected chi connectivity index (χ2v) is 7.51. The monoisotopic (exact) mass is 365 g/mol. The molecule has 1 aromatic heterocycles. The standard InChI is InChI=1S/C21H27N5O/c1-16-5-6-18(13-17(16)2)21(27)26-11-9-25(10-12-26)20-14-19(22-15-23-20)24-7-3-4-8-24/h5-6,13-15H,3-4,7-12H2,1-2H3. The van der Waals surface area contributed by atoms with Crippen LogP contribution in [0.3, 0.4) is 0 Å². The molecule has 2 fully saturated rings. The maximum absolute atomic E-state index is 12.8. The Morgan fingerprint density at radius 3 is 2.07 bits per heavy atom. The Hall–Kier alpha value is -2.63. The third-order valence-corrected chi connectivity index (χ3v) is 5.71. The number of piperazine rings is 1. The van der Waals surface area contributed by atoms with E-state index in [0.29, 0.717) is 0 Å². The lowest BCUT2D eigenvalue weighted by Gasteiger charge is -2.35. The summed E-state index contributed by atoms with van der Waals surface area (Å²) in [5.41, 5.74) is 3.16. The van der Waals surface area contributed by atoms with E-state index in [9.17, 15) is 4.79 Å². The van der Waals surface area contributed by atoms with Gasteiger partial charge < -0.3 is 14.7 Å². The van der Waals surface area contributed by atoms with Crippen LogP contribution in [0.1, 0.15) is 34.3 Å². The largest absolute Gasteiger partial charge is 0.356 e. The van der Waals surface area contributed by atoms with Gasteiger partial charge in [-0.1, -0.05) is 6.07 Å². The maximum atomic E-state index is 12.8. The number of carbonyl (C=O) groups is 1. The van der Waals surface area contributed by atoms with Crippen molar-refractivity contribution in [1.29, 1.82) is 0 Å². The van der Waals surface area contributed by atoms with Crippen LogP contribution in [0.25, 0.3) is 0 Å². The van der Waals surface area contributed by atoms with Crippen LogP contribution in [0.4, 0.5) is 11.6 Å². The van der Waals surface area contributed by atoms with E-state index < -0.39 is 0 Å². The van der Waals surface area contributed by atoms with Gasteiger partial charge in [0.1, 0.15) is 18.0 Å². The lowest BCUT2D eigenvalue weighted by atomic mass is 10.1. The lowest BCUT2D eigenvalue weighted by Crippen LogP contribution is -2.49. The van der Waals surface area contributed by atoms with Crippen molar-refractivity contribution in [2.75, 3.05) is 49.1 Å². The molecular weight excluding hydrogens is 338 g/mol. The smallest absolute Gasteiger partial charge is 0.253 e. The van der Waals surface area contributed by atoms with Gasteiger partial charge in [0.15, 0.2) is 0 Å². The van der Waals surface area contributed by atoms with Crippen molar-refractivity contribution in [3.05, 3.63) is 47.3 Å². The first-order chi connectivity index (χ1) is 13.1. The Balaban J connectivity index is 1.40. The second-order valence-electron chi connectivity index (χ2n) is 7.51. The highest BCUT2D eigenvalue weighted by atomic mass is 16.2. The summed E-state index contributed by atoms with van der Waals surface area (Å²) in [6.45, 7) is 9.31. The van der Waals surface area contributed by atoms with Crippen LogP contribution in [0.5, 0.6) is 0 Å². The van der Waals surface area contributed by atoms with E-state index in [1.54, 1.807) is 6.33 Å². The van der Waals surface area contributed by atoms with E-state index in [-0.39, 0.29) is 5.91 Å². The highest BCUT2D eigenvalue weighted by Crippen LogP contribution is 2.22. The first kappa shape index (κ1) is 17.8. The van der Waals surface area contributed by atoms with Crippen LogP contribution in [0.2, 0.25) is 0 Å². The minimum Gasteiger partial charge on any atom is -0.356 e. The summed E-state index contributed by atoms with van der Waals surface area (Å²) in [4.78, 5) is 28.2. The normalized spacial score (nSPS) is 17.5. The van der Waals surface area contributed by atoms with Crippen LogP contribution >= 0.6 is 0 Å². The van der Waals surface area contributed by atoms with E-state index in [4.69, 9.17) is 0 Å². The van der Waals surface area contributed by atoms with Gasteiger partial charge in [-0.15, -0.1) is 0 Å². The van der Waals surface area contributed by atoms with Crippen molar-refractivity contribution >= 4 is 17.5 Å². The lowest BCUT2D eigenvalue weighted by molar-refractivity contribution is 0.0746. The summed E-state index contributed by atoms with van der Waals surface area (Å²) >= 11 is 0. The highest BCUT2D eigenvalue weighted by Gasteiger charge is 2.24. The first-order valence-corrected chi connectivity index (χ1v) is 9.80.